The van der Waals surface area contributed by atoms with E-state index in [1.807, 2.05) is 6.92 Å². The largest absolute Gasteiger partial charge is 0.507 e. The van der Waals surface area contributed by atoms with Crippen molar-refractivity contribution in [3.63, 3.8) is 0 Å². The summed E-state index contributed by atoms with van der Waals surface area (Å²) in [6.45, 7) is 4.63. The molecule has 1 fully saturated rings. The van der Waals surface area contributed by atoms with Crippen molar-refractivity contribution in [2.75, 3.05) is 26.9 Å². The highest BCUT2D eigenvalue weighted by Gasteiger charge is 2.47. The predicted octanol–water partition coefficient (Wildman–Crippen LogP) is 3.05. The molecule has 0 saturated carbocycles. The molecule has 1 aliphatic heterocycles. The van der Waals surface area contributed by atoms with Crippen molar-refractivity contribution in [1.29, 1.82) is 0 Å². The third kappa shape index (κ3) is 3.66. The van der Waals surface area contributed by atoms with Crippen LogP contribution in [-0.2, 0) is 14.3 Å². The highest BCUT2D eigenvalue weighted by Crippen LogP contribution is 2.39. The quantitative estimate of drug-likeness (QED) is 0.448. The monoisotopic (exact) mass is 385 g/mol. The minimum atomic E-state index is -0.810. The van der Waals surface area contributed by atoms with E-state index in [-0.39, 0.29) is 24.5 Å². The molecule has 1 amide bonds. The Labute approximate surface area is 163 Å². The number of likely N-dealkylation sites (tertiary alicyclic amines) is 1. The minimum Gasteiger partial charge on any atom is -0.507 e. The second-order valence-corrected chi connectivity index (χ2v) is 6.39. The highest BCUT2D eigenvalue weighted by molar-refractivity contribution is 6.46. The lowest BCUT2D eigenvalue weighted by Crippen LogP contribution is -2.32. The van der Waals surface area contributed by atoms with Crippen LogP contribution in [0, 0.1) is 6.92 Å². The number of hydrogen-bond acceptors (Lipinski definition) is 6. The van der Waals surface area contributed by atoms with Crippen molar-refractivity contribution >= 4 is 17.4 Å². The van der Waals surface area contributed by atoms with E-state index >= 15 is 0 Å². The molecular formula is C21H23NO6. The van der Waals surface area contributed by atoms with Crippen LogP contribution in [0.4, 0.5) is 0 Å². The number of amides is 1. The maximum absolute atomic E-state index is 12.7. The molecule has 7 nitrogen and oxygen atoms in total. The van der Waals surface area contributed by atoms with E-state index in [1.54, 1.807) is 43.3 Å². The summed E-state index contributed by atoms with van der Waals surface area (Å²) in [5, 5.41) is 10.9. The maximum atomic E-state index is 12.7. The van der Waals surface area contributed by atoms with Gasteiger partial charge >= 0.3 is 0 Å². The standard InChI is InChI=1S/C21H23NO6/c1-4-27-15-8-6-14(7-9-15)19(23)17-18(16-10-5-13(2)28-16)22(11-12-26-3)21(25)20(17)24/h5-10,18,23H,4,11-12H2,1-3H3/b19-17-. The zero-order chi connectivity index (χ0) is 20.3. The first-order valence-corrected chi connectivity index (χ1v) is 9.04. The lowest BCUT2D eigenvalue weighted by atomic mass is 9.99. The van der Waals surface area contributed by atoms with Crippen molar-refractivity contribution in [1.82, 2.24) is 4.90 Å². The van der Waals surface area contributed by atoms with E-state index in [0.29, 0.717) is 29.4 Å². The van der Waals surface area contributed by atoms with Crippen LogP contribution < -0.4 is 4.74 Å². The first-order valence-electron chi connectivity index (χ1n) is 9.04. The number of benzene rings is 1. The highest BCUT2D eigenvalue weighted by atomic mass is 16.5. The van der Waals surface area contributed by atoms with Crippen molar-refractivity contribution in [3.8, 4) is 5.75 Å². The number of ketones is 1. The normalized spacial score (nSPS) is 18.7. The fourth-order valence-electron chi connectivity index (χ4n) is 3.23. The van der Waals surface area contributed by atoms with Gasteiger partial charge in [-0.1, -0.05) is 0 Å². The van der Waals surface area contributed by atoms with Crippen LogP contribution in [0.3, 0.4) is 0 Å². The number of methoxy groups -OCH3 is 1. The second-order valence-electron chi connectivity index (χ2n) is 6.39. The van der Waals surface area contributed by atoms with Gasteiger partial charge in [0.25, 0.3) is 11.7 Å². The second kappa shape index (κ2) is 8.31. The van der Waals surface area contributed by atoms with Gasteiger partial charge in [-0.25, -0.2) is 0 Å². The number of Topliss-reactive ketones (excluding diaryl/α,β-unsaturated/α-hetero) is 1. The van der Waals surface area contributed by atoms with E-state index in [2.05, 4.69) is 0 Å². The van der Waals surface area contributed by atoms with Gasteiger partial charge in [-0.2, -0.15) is 0 Å². The van der Waals surface area contributed by atoms with Gasteiger partial charge in [0.2, 0.25) is 0 Å². The molecule has 0 radical (unpaired) electrons. The molecule has 1 aromatic heterocycles. The lowest BCUT2D eigenvalue weighted by Gasteiger charge is -2.22. The maximum Gasteiger partial charge on any atom is 0.295 e. The zero-order valence-corrected chi connectivity index (χ0v) is 16.1. The Balaban J connectivity index is 2.07. The first-order chi connectivity index (χ1) is 13.5. The van der Waals surface area contributed by atoms with Crippen LogP contribution in [0.5, 0.6) is 5.75 Å². The lowest BCUT2D eigenvalue weighted by molar-refractivity contribution is -0.140. The molecule has 2 aromatic rings. The number of nitrogens with zero attached hydrogens (tertiary/aromatic N) is 1. The van der Waals surface area contributed by atoms with E-state index in [9.17, 15) is 14.7 Å². The molecule has 148 valence electrons. The molecule has 2 heterocycles. The molecule has 1 aromatic carbocycles. The molecule has 0 spiro atoms. The van der Waals surface area contributed by atoms with Crippen LogP contribution in [0.25, 0.3) is 5.76 Å². The average Bonchev–Trinajstić information content (AvgIpc) is 3.22. The third-order valence-electron chi connectivity index (χ3n) is 4.55. The summed E-state index contributed by atoms with van der Waals surface area (Å²) in [5.74, 6) is 0.0250. The van der Waals surface area contributed by atoms with Crippen LogP contribution in [0.1, 0.15) is 30.0 Å². The van der Waals surface area contributed by atoms with Crippen LogP contribution in [0.15, 0.2) is 46.4 Å². The van der Waals surface area contributed by atoms with E-state index in [1.165, 1.54) is 12.0 Å². The number of rotatable bonds is 7. The molecule has 0 aliphatic carbocycles. The van der Waals surface area contributed by atoms with Crippen LogP contribution in [0.2, 0.25) is 0 Å². The van der Waals surface area contributed by atoms with Gasteiger partial charge in [-0.15, -0.1) is 0 Å². The first kappa shape index (κ1) is 19.7. The zero-order valence-electron chi connectivity index (χ0n) is 16.1. The van der Waals surface area contributed by atoms with Crippen LogP contribution >= 0.6 is 0 Å². The van der Waals surface area contributed by atoms with Gasteiger partial charge in [0.05, 0.1) is 18.8 Å². The summed E-state index contributed by atoms with van der Waals surface area (Å²) in [6, 6.07) is 9.34. The Morgan fingerprint density at radius 2 is 1.89 bits per heavy atom. The Kier molecular flexibility index (Phi) is 5.84. The summed E-state index contributed by atoms with van der Waals surface area (Å²) in [6.07, 6.45) is 0. The summed E-state index contributed by atoms with van der Waals surface area (Å²) in [7, 11) is 1.52. The summed E-state index contributed by atoms with van der Waals surface area (Å²) < 4.78 is 16.2. The summed E-state index contributed by atoms with van der Waals surface area (Å²) >= 11 is 0. The number of carbonyl (C=O) groups excluding carboxylic acids is 2. The number of aryl methyl sites for hydroxylation is 1. The smallest absolute Gasteiger partial charge is 0.295 e. The average molecular weight is 385 g/mol. The molecule has 0 bridgehead atoms. The Morgan fingerprint density at radius 3 is 2.46 bits per heavy atom. The predicted molar refractivity (Wildman–Crippen MR) is 102 cm³/mol. The summed E-state index contributed by atoms with van der Waals surface area (Å²) in [5.41, 5.74) is 0.418. The molecule has 7 heteroatoms. The van der Waals surface area contributed by atoms with Crippen molar-refractivity contribution in [2.45, 2.75) is 19.9 Å². The van der Waals surface area contributed by atoms with E-state index < -0.39 is 17.7 Å². The molecule has 1 unspecified atom stereocenters. The van der Waals surface area contributed by atoms with Crippen LogP contribution in [-0.4, -0.2) is 48.6 Å². The van der Waals surface area contributed by atoms with Gasteiger partial charge in [0.1, 0.15) is 29.1 Å². The van der Waals surface area contributed by atoms with Crippen molar-refractivity contribution < 1.29 is 28.6 Å². The van der Waals surface area contributed by atoms with Gasteiger partial charge in [0, 0.05) is 19.2 Å². The van der Waals surface area contributed by atoms with Crippen molar-refractivity contribution in [3.05, 3.63) is 59.1 Å². The number of carbonyl (C=O) groups is 2. The molecular weight excluding hydrogens is 362 g/mol. The van der Waals surface area contributed by atoms with Gasteiger partial charge in [-0.05, 0) is 50.2 Å². The number of ether oxygens (including phenoxy) is 2. The molecule has 3 rings (SSSR count). The number of hydrogen-bond donors (Lipinski definition) is 1. The van der Waals surface area contributed by atoms with Gasteiger partial charge in [-0.3, -0.25) is 9.59 Å². The van der Waals surface area contributed by atoms with E-state index in [4.69, 9.17) is 13.9 Å². The SMILES string of the molecule is CCOc1ccc(/C(O)=C2/C(=O)C(=O)N(CCOC)C2c2ccc(C)o2)cc1. The molecule has 1 N–H and O–H groups in total. The van der Waals surface area contributed by atoms with Crippen molar-refractivity contribution in [2.24, 2.45) is 0 Å². The van der Waals surface area contributed by atoms with Gasteiger partial charge in [0.15, 0.2) is 0 Å². The molecule has 1 aliphatic rings. The number of aliphatic hydroxyl groups is 1. The Morgan fingerprint density at radius 1 is 1.18 bits per heavy atom. The Bertz CT molecular complexity index is 896. The number of furan rings is 1. The Hall–Kier alpha value is -3.06. The molecule has 28 heavy (non-hydrogen) atoms. The fourth-order valence-corrected chi connectivity index (χ4v) is 3.23. The fraction of sp³-hybridized carbons (Fsp3) is 0.333. The number of aliphatic hydroxyl groups excluding tert-OH is 1. The van der Waals surface area contributed by atoms with E-state index in [0.717, 1.165) is 0 Å². The summed E-state index contributed by atoms with van der Waals surface area (Å²) in [4.78, 5) is 26.7. The minimum absolute atomic E-state index is 0.000358. The third-order valence-corrected chi connectivity index (χ3v) is 4.55. The molecule has 1 saturated heterocycles. The topological polar surface area (TPSA) is 89.2 Å². The molecule has 1 atom stereocenters. The van der Waals surface area contributed by atoms with Gasteiger partial charge < -0.3 is 23.9 Å².